The molecule has 2 N–H and O–H groups in total. The van der Waals surface area contributed by atoms with Gasteiger partial charge >= 0.3 is 5.97 Å². The van der Waals surface area contributed by atoms with Gasteiger partial charge in [0, 0.05) is 5.56 Å². The number of carboxylic acids is 1. The largest absolute Gasteiger partial charge is 0.478 e. The number of hydrogen-bond acceptors (Lipinski definition) is 4. The molecule has 2 rings (SSSR count). The third kappa shape index (κ3) is 2.22. The predicted octanol–water partition coefficient (Wildman–Crippen LogP) is 1.93. The third-order valence-corrected chi connectivity index (χ3v) is 2.36. The Labute approximate surface area is 102 Å². The fourth-order valence-electron chi connectivity index (χ4n) is 1.47. The Morgan fingerprint density at radius 1 is 1.33 bits per heavy atom. The minimum Gasteiger partial charge on any atom is -0.478 e. The molecule has 0 atom stereocenters. The molecule has 2 aromatic rings. The zero-order valence-corrected chi connectivity index (χ0v) is 9.51. The van der Waals surface area contributed by atoms with Gasteiger partial charge in [-0.25, -0.2) is 4.79 Å². The maximum absolute atomic E-state index is 11.8. The highest BCUT2D eigenvalue weighted by Crippen LogP contribution is 2.17. The van der Waals surface area contributed by atoms with Crippen LogP contribution in [-0.4, -0.2) is 22.1 Å². The maximum atomic E-state index is 11.8. The molecule has 0 aliphatic carbocycles. The molecule has 0 spiro atoms. The number of carboxylic acid groups (broad SMARTS) is 1. The lowest BCUT2D eigenvalue weighted by molar-refractivity contribution is 0.0698. The van der Waals surface area contributed by atoms with Crippen LogP contribution in [0.25, 0.3) is 0 Å². The molecule has 6 heteroatoms. The monoisotopic (exact) mass is 246 g/mol. The van der Waals surface area contributed by atoms with E-state index in [-0.39, 0.29) is 17.0 Å². The minimum atomic E-state index is -1.11. The quantitative estimate of drug-likeness (QED) is 0.863. The summed E-state index contributed by atoms with van der Waals surface area (Å²) in [5.41, 5.74) is 0.814. The zero-order valence-electron chi connectivity index (χ0n) is 9.51. The van der Waals surface area contributed by atoms with Crippen molar-refractivity contribution in [1.82, 2.24) is 5.16 Å². The molecule has 92 valence electrons. The summed E-state index contributed by atoms with van der Waals surface area (Å²) in [6, 6.07) is 6.13. The maximum Gasteiger partial charge on any atom is 0.337 e. The number of aromatic nitrogens is 1. The number of rotatable bonds is 3. The molecular weight excluding hydrogens is 236 g/mol. The zero-order chi connectivity index (χ0) is 13.1. The van der Waals surface area contributed by atoms with Gasteiger partial charge in [0.15, 0.2) is 0 Å². The van der Waals surface area contributed by atoms with E-state index in [2.05, 4.69) is 10.5 Å². The van der Waals surface area contributed by atoms with Gasteiger partial charge in [0.25, 0.3) is 5.91 Å². The Balaban J connectivity index is 2.28. The number of aryl methyl sites for hydroxylation is 1. The van der Waals surface area contributed by atoms with Gasteiger partial charge in [-0.05, 0) is 19.1 Å². The van der Waals surface area contributed by atoms with Gasteiger partial charge < -0.3 is 14.9 Å². The molecule has 18 heavy (non-hydrogen) atoms. The Morgan fingerprint density at radius 3 is 2.67 bits per heavy atom. The van der Waals surface area contributed by atoms with Crippen molar-refractivity contribution < 1.29 is 19.2 Å². The first-order valence-electron chi connectivity index (χ1n) is 5.14. The lowest BCUT2D eigenvalue weighted by atomic mass is 10.1. The predicted molar refractivity (Wildman–Crippen MR) is 62.6 cm³/mol. The topological polar surface area (TPSA) is 92.4 Å². The Bertz CT molecular complexity index is 604. The summed E-state index contributed by atoms with van der Waals surface area (Å²) in [7, 11) is 0. The fraction of sp³-hybridized carbons (Fsp3) is 0.0833. The van der Waals surface area contributed by atoms with Gasteiger partial charge in [-0.1, -0.05) is 17.3 Å². The van der Waals surface area contributed by atoms with Crippen molar-refractivity contribution >= 4 is 17.6 Å². The first-order valence-corrected chi connectivity index (χ1v) is 5.14. The fourth-order valence-corrected chi connectivity index (χ4v) is 1.47. The van der Waals surface area contributed by atoms with Crippen molar-refractivity contribution in [2.45, 2.75) is 6.92 Å². The molecule has 0 saturated carbocycles. The molecule has 1 aromatic carbocycles. The number of aromatic carboxylic acids is 1. The van der Waals surface area contributed by atoms with Crippen LogP contribution in [0.4, 0.5) is 5.69 Å². The Kier molecular flexibility index (Phi) is 3.09. The van der Waals surface area contributed by atoms with Crippen LogP contribution in [0.5, 0.6) is 0 Å². The number of carbonyl (C=O) groups excluding carboxylic acids is 1. The van der Waals surface area contributed by atoms with E-state index < -0.39 is 11.9 Å². The molecular formula is C12H10N2O4. The number of hydrogen-bond donors (Lipinski definition) is 2. The van der Waals surface area contributed by atoms with E-state index in [0.717, 1.165) is 0 Å². The number of benzene rings is 1. The van der Waals surface area contributed by atoms with Crippen molar-refractivity contribution in [3.63, 3.8) is 0 Å². The molecule has 0 radical (unpaired) electrons. The number of para-hydroxylation sites is 1. The molecule has 1 amide bonds. The van der Waals surface area contributed by atoms with Crippen LogP contribution in [-0.2, 0) is 0 Å². The van der Waals surface area contributed by atoms with Crippen LogP contribution < -0.4 is 5.32 Å². The van der Waals surface area contributed by atoms with Gasteiger partial charge in [-0.3, -0.25) is 4.79 Å². The van der Waals surface area contributed by atoms with Gasteiger partial charge in [-0.2, -0.15) is 0 Å². The highest BCUT2D eigenvalue weighted by atomic mass is 16.5. The smallest absolute Gasteiger partial charge is 0.337 e. The number of anilines is 1. The highest BCUT2D eigenvalue weighted by molar-refractivity contribution is 6.06. The van der Waals surface area contributed by atoms with Gasteiger partial charge in [0.1, 0.15) is 0 Å². The molecule has 0 unspecified atom stereocenters. The van der Waals surface area contributed by atoms with E-state index in [1.807, 2.05) is 0 Å². The van der Waals surface area contributed by atoms with Crippen molar-refractivity contribution in [2.24, 2.45) is 0 Å². The number of carbonyl (C=O) groups is 2. The lowest BCUT2D eigenvalue weighted by Gasteiger charge is -2.06. The Hall–Kier alpha value is -2.63. The SMILES string of the molecule is Cc1cnoc1C(=O)Nc1ccccc1C(=O)O. The summed E-state index contributed by atoms with van der Waals surface area (Å²) < 4.78 is 4.79. The summed E-state index contributed by atoms with van der Waals surface area (Å²) in [5, 5.41) is 14.9. The van der Waals surface area contributed by atoms with E-state index in [4.69, 9.17) is 9.63 Å². The molecule has 0 fully saturated rings. The van der Waals surface area contributed by atoms with Crippen LogP contribution in [0.2, 0.25) is 0 Å². The summed E-state index contributed by atoms with van der Waals surface area (Å²) in [5.74, 6) is -1.57. The van der Waals surface area contributed by atoms with Crippen LogP contribution in [0, 0.1) is 6.92 Å². The number of amides is 1. The first-order chi connectivity index (χ1) is 8.59. The summed E-state index contributed by atoms with van der Waals surface area (Å²) in [6.45, 7) is 1.68. The molecule has 0 bridgehead atoms. The molecule has 0 saturated heterocycles. The van der Waals surface area contributed by atoms with E-state index in [0.29, 0.717) is 5.56 Å². The molecule has 6 nitrogen and oxygen atoms in total. The van der Waals surface area contributed by atoms with Crippen molar-refractivity contribution in [1.29, 1.82) is 0 Å². The second kappa shape index (κ2) is 4.70. The second-order valence-electron chi connectivity index (χ2n) is 3.64. The third-order valence-electron chi connectivity index (χ3n) is 2.36. The van der Waals surface area contributed by atoms with Crippen molar-refractivity contribution in [2.75, 3.05) is 5.32 Å². The number of nitrogens with zero attached hydrogens (tertiary/aromatic N) is 1. The van der Waals surface area contributed by atoms with Gasteiger partial charge in [0.2, 0.25) is 5.76 Å². The standard InChI is InChI=1S/C12H10N2O4/c1-7-6-13-18-10(7)11(15)14-9-5-3-2-4-8(9)12(16)17/h2-6H,1H3,(H,14,15)(H,16,17). The average molecular weight is 246 g/mol. The normalized spacial score (nSPS) is 10.1. The highest BCUT2D eigenvalue weighted by Gasteiger charge is 2.17. The minimum absolute atomic E-state index is 0.0167. The average Bonchev–Trinajstić information content (AvgIpc) is 2.76. The van der Waals surface area contributed by atoms with E-state index in [9.17, 15) is 9.59 Å². The molecule has 1 aromatic heterocycles. The number of nitrogens with one attached hydrogen (secondary N) is 1. The lowest BCUT2D eigenvalue weighted by Crippen LogP contribution is -2.14. The van der Waals surface area contributed by atoms with Crippen LogP contribution >= 0.6 is 0 Å². The van der Waals surface area contributed by atoms with E-state index in [1.54, 1.807) is 19.1 Å². The molecule has 0 aliphatic heterocycles. The van der Waals surface area contributed by atoms with Crippen molar-refractivity contribution in [3.8, 4) is 0 Å². The second-order valence-corrected chi connectivity index (χ2v) is 3.64. The van der Waals surface area contributed by atoms with Crippen LogP contribution in [0.15, 0.2) is 35.0 Å². The van der Waals surface area contributed by atoms with E-state index in [1.165, 1.54) is 18.3 Å². The molecule has 0 aliphatic rings. The first kappa shape index (κ1) is 11.8. The molecule has 1 heterocycles. The van der Waals surface area contributed by atoms with Crippen LogP contribution in [0.3, 0.4) is 0 Å². The van der Waals surface area contributed by atoms with E-state index >= 15 is 0 Å². The van der Waals surface area contributed by atoms with Crippen molar-refractivity contribution in [3.05, 3.63) is 47.3 Å². The summed E-state index contributed by atoms with van der Waals surface area (Å²) in [6.07, 6.45) is 1.41. The van der Waals surface area contributed by atoms with Gasteiger partial charge in [-0.15, -0.1) is 0 Å². The summed E-state index contributed by atoms with van der Waals surface area (Å²) in [4.78, 5) is 22.8. The summed E-state index contributed by atoms with van der Waals surface area (Å²) >= 11 is 0. The van der Waals surface area contributed by atoms with Crippen LogP contribution in [0.1, 0.15) is 26.5 Å². The van der Waals surface area contributed by atoms with Gasteiger partial charge in [0.05, 0.1) is 17.4 Å². The Morgan fingerprint density at radius 2 is 2.06 bits per heavy atom.